The average Bonchev–Trinajstić information content (AvgIpc) is 3.66. The van der Waals surface area contributed by atoms with Crippen molar-refractivity contribution >= 4 is 71.4 Å². The van der Waals surface area contributed by atoms with E-state index >= 15 is 0 Å². The molecule has 1 atom stereocenters. The van der Waals surface area contributed by atoms with E-state index in [1.165, 1.54) is 22.3 Å². The molecule has 4 rings (SSSR count). The smallest absolute Gasteiger partial charge is 0.410 e. The number of esters is 1. The summed E-state index contributed by atoms with van der Waals surface area (Å²) in [4.78, 5) is 40.9. The molecule has 41 heavy (non-hydrogen) atoms. The molecule has 2 amide bonds. The molecule has 1 aliphatic rings. The summed E-state index contributed by atoms with van der Waals surface area (Å²) in [6, 6.07) is 5.69. The van der Waals surface area contributed by atoms with Gasteiger partial charge >= 0.3 is 12.1 Å². The normalized spacial score (nSPS) is 15.6. The fourth-order valence-electron chi connectivity index (χ4n) is 4.46. The third-order valence-corrected chi connectivity index (χ3v) is 11.9. The highest BCUT2D eigenvalue weighted by molar-refractivity contribution is 7.91. The zero-order valence-electron chi connectivity index (χ0n) is 23.4. The maximum Gasteiger partial charge on any atom is 0.410 e. The maximum atomic E-state index is 12.8. The Morgan fingerprint density at radius 1 is 1.15 bits per heavy atom. The van der Waals surface area contributed by atoms with Crippen molar-refractivity contribution in [2.75, 3.05) is 26.7 Å². The number of piperidine rings is 1. The van der Waals surface area contributed by atoms with E-state index in [0.717, 1.165) is 53.5 Å². The molecule has 2 N–H and O–H groups in total. The van der Waals surface area contributed by atoms with Crippen LogP contribution < -0.4 is 10.0 Å². The SMILES string of the molecule is COC(=O)[C@H](CNC(=O)c1cc2cc(CCC3CCN(C(=O)OC(C)(C)C)CC3)sc2s1)NS(=O)(=O)c1cccs1. The quantitative estimate of drug-likeness (QED) is 0.303. The molecule has 3 aromatic heterocycles. The number of fused-ring (bicyclic) bond motifs is 1. The third-order valence-electron chi connectivity index (χ3n) is 6.56. The van der Waals surface area contributed by atoms with Gasteiger partial charge in [0.2, 0.25) is 0 Å². The number of nitrogens with zero attached hydrogens (tertiary/aromatic N) is 1. The number of nitrogens with one attached hydrogen (secondary N) is 2. The summed E-state index contributed by atoms with van der Waals surface area (Å²) >= 11 is 4.06. The topological polar surface area (TPSA) is 131 Å². The van der Waals surface area contributed by atoms with Crippen LogP contribution in [0, 0.1) is 5.92 Å². The van der Waals surface area contributed by atoms with Crippen molar-refractivity contribution in [2.24, 2.45) is 5.92 Å². The summed E-state index contributed by atoms with van der Waals surface area (Å²) in [7, 11) is -2.77. The fourth-order valence-corrected chi connectivity index (χ4v) is 9.08. The second kappa shape index (κ2) is 13.2. The second-order valence-electron chi connectivity index (χ2n) is 10.9. The lowest BCUT2D eigenvalue weighted by Gasteiger charge is -2.33. The van der Waals surface area contributed by atoms with Crippen LogP contribution in [-0.4, -0.2) is 69.7 Å². The summed E-state index contributed by atoms with van der Waals surface area (Å²) in [5, 5.41) is 5.26. The minimum atomic E-state index is -3.93. The van der Waals surface area contributed by atoms with E-state index in [2.05, 4.69) is 16.1 Å². The first-order valence-electron chi connectivity index (χ1n) is 13.3. The van der Waals surface area contributed by atoms with Gasteiger partial charge in [0.25, 0.3) is 15.9 Å². The van der Waals surface area contributed by atoms with Gasteiger partial charge in [-0.3, -0.25) is 9.59 Å². The van der Waals surface area contributed by atoms with Crippen molar-refractivity contribution in [3.05, 3.63) is 39.4 Å². The molecule has 0 aromatic carbocycles. The molecule has 0 radical (unpaired) electrons. The zero-order chi connectivity index (χ0) is 29.8. The molecule has 0 unspecified atom stereocenters. The van der Waals surface area contributed by atoms with Gasteiger partial charge in [0.05, 0.1) is 16.0 Å². The number of carbonyl (C=O) groups excluding carboxylic acids is 3. The van der Waals surface area contributed by atoms with Gasteiger partial charge in [-0.2, -0.15) is 4.72 Å². The lowest BCUT2D eigenvalue weighted by Crippen LogP contribution is -2.48. The lowest BCUT2D eigenvalue weighted by atomic mass is 9.92. The standard InChI is InChI=1S/C27H35N3O7S4/c1-27(2,3)37-26(33)30-11-9-17(10-12-30)7-8-19-14-18-15-21(40-25(18)39-19)23(31)28-16-20(24(32)36-4)29-41(34,35)22-6-5-13-38-22/h5-6,13-15,17,20,29H,7-12,16H2,1-4H3,(H,28,31)/t20-/m0/s1. The van der Waals surface area contributed by atoms with Crippen LogP contribution in [0.15, 0.2) is 33.9 Å². The summed E-state index contributed by atoms with van der Waals surface area (Å²) < 4.78 is 38.7. The number of methoxy groups -OCH3 is 1. The van der Waals surface area contributed by atoms with Gasteiger partial charge in [-0.1, -0.05) is 6.07 Å². The van der Waals surface area contributed by atoms with E-state index < -0.39 is 27.6 Å². The highest BCUT2D eigenvalue weighted by atomic mass is 32.2. The Labute approximate surface area is 252 Å². The molecule has 0 spiro atoms. The number of rotatable bonds is 10. The molecular formula is C27H35N3O7S4. The number of likely N-dealkylation sites (tertiary alicyclic amines) is 1. The van der Waals surface area contributed by atoms with E-state index in [1.807, 2.05) is 26.8 Å². The molecule has 3 aromatic rings. The van der Waals surface area contributed by atoms with E-state index in [4.69, 9.17) is 9.47 Å². The van der Waals surface area contributed by atoms with E-state index in [1.54, 1.807) is 27.7 Å². The molecular weight excluding hydrogens is 607 g/mol. The zero-order valence-corrected chi connectivity index (χ0v) is 26.7. The molecule has 0 saturated carbocycles. The Kier molecular flexibility index (Phi) is 10.1. The van der Waals surface area contributed by atoms with Crippen molar-refractivity contribution in [3.63, 3.8) is 0 Å². The third kappa shape index (κ3) is 8.51. The molecule has 0 aliphatic carbocycles. The monoisotopic (exact) mass is 641 g/mol. The minimum absolute atomic E-state index is 0.0679. The average molecular weight is 642 g/mol. The van der Waals surface area contributed by atoms with Crippen LogP contribution in [0.2, 0.25) is 0 Å². The van der Waals surface area contributed by atoms with Crippen LogP contribution in [0.3, 0.4) is 0 Å². The van der Waals surface area contributed by atoms with Crippen LogP contribution in [0.5, 0.6) is 0 Å². The van der Waals surface area contributed by atoms with Crippen molar-refractivity contribution < 1.29 is 32.3 Å². The first kappa shape index (κ1) is 31.4. The van der Waals surface area contributed by atoms with Gasteiger partial charge in [0.1, 0.15) is 15.9 Å². The Balaban J connectivity index is 1.27. The van der Waals surface area contributed by atoms with Gasteiger partial charge in [0, 0.05) is 29.9 Å². The predicted octanol–water partition coefficient (Wildman–Crippen LogP) is 4.85. The van der Waals surface area contributed by atoms with E-state index in [0.29, 0.717) is 23.9 Å². The molecule has 0 bridgehead atoms. The largest absolute Gasteiger partial charge is 0.468 e. The van der Waals surface area contributed by atoms with Crippen LogP contribution in [0.1, 0.15) is 54.6 Å². The number of amides is 2. The second-order valence-corrected chi connectivity index (χ2v) is 16.2. The first-order chi connectivity index (χ1) is 19.3. The molecule has 1 saturated heterocycles. The summed E-state index contributed by atoms with van der Waals surface area (Å²) in [5.41, 5.74) is -0.490. The Hall–Kier alpha value is -2.52. The Morgan fingerprint density at radius 2 is 1.88 bits per heavy atom. The van der Waals surface area contributed by atoms with Crippen molar-refractivity contribution in [1.82, 2.24) is 14.9 Å². The van der Waals surface area contributed by atoms with Gasteiger partial charge in [-0.05, 0) is 76.0 Å². The fraction of sp³-hybridized carbons (Fsp3) is 0.519. The van der Waals surface area contributed by atoms with Gasteiger partial charge in [-0.15, -0.1) is 34.0 Å². The van der Waals surface area contributed by atoms with Crippen LogP contribution in [0.25, 0.3) is 9.40 Å². The van der Waals surface area contributed by atoms with E-state index in [-0.39, 0.29) is 22.8 Å². The predicted molar refractivity (Wildman–Crippen MR) is 161 cm³/mol. The Morgan fingerprint density at radius 3 is 2.49 bits per heavy atom. The summed E-state index contributed by atoms with van der Waals surface area (Å²) in [5.74, 6) is -0.631. The van der Waals surface area contributed by atoms with Crippen molar-refractivity contribution in [2.45, 2.75) is 62.3 Å². The lowest BCUT2D eigenvalue weighted by molar-refractivity contribution is -0.142. The highest BCUT2D eigenvalue weighted by Gasteiger charge is 2.29. The van der Waals surface area contributed by atoms with Crippen molar-refractivity contribution in [1.29, 1.82) is 0 Å². The van der Waals surface area contributed by atoms with Gasteiger partial charge in [0.15, 0.2) is 0 Å². The summed E-state index contributed by atoms with van der Waals surface area (Å²) in [6.45, 7) is 6.80. The molecule has 224 valence electrons. The number of carbonyl (C=O) groups is 3. The highest BCUT2D eigenvalue weighted by Crippen LogP contribution is 2.35. The molecule has 4 heterocycles. The van der Waals surface area contributed by atoms with Crippen LogP contribution in [-0.2, 0) is 30.7 Å². The first-order valence-corrected chi connectivity index (χ1v) is 17.3. The number of thiophene rings is 3. The van der Waals surface area contributed by atoms with Gasteiger partial charge in [-0.25, -0.2) is 13.2 Å². The number of ether oxygens (including phenoxy) is 2. The molecule has 1 fully saturated rings. The number of hydrogen-bond donors (Lipinski definition) is 2. The van der Waals surface area contributed by atoms with E-state index in [9.17, 15) is 22.8 Å². The summed E-state index contributed by atoms with van der Waals surface area (Å²) in [6.07, 6.45) is 3.66. The van der Waals surface area contributed by atoms with Gasteiger partial charge < -0.3 is 19.7 Å². The maximum absolute atomic E-state index is 12.8. The number of aryl methyl sites for hydroxylation is 1. The van der Waals surface area contributed by atoms with Crippen LogP contribution in [0.4, 0.5) is 4.79 Å². The molecule has 14 heteroatoms. The van der Waals surface area contributed by atoms with Crippen LogP contribution >= 0.6 is 34.0 Å². The molecule has 1 aliphatic heterocycles. The number of hydrogen-bond acceptors (Lipinski definition) is 10. The minimum Gasteiger partial charge on any atom is -0.468 e. The number of sulfonamides is 1. The molecule has 10 nitrogen and oxygen atoms in total. The Bertz CT molecular complexity index is 1430. The van der Waals surface area contributed by atoms with Crippen molar-refractivity contribution in [3.8, 4) is 0 Å².